The van der Waals surface area contributed by atoms with Crippen LogP contribution in [-0.4, -0.2) is 12.1 Å². The van der Waals surface area contributed by atoms with Gasteiger partial charge in [-0.15, -0.1) is 0 Å². The molecule has 0 aliphatic rings. The van der Waals surface area contributed by atoms with E-state index in [1.54, 1.807) is 13.3 Å². The van der Waals surface area contributed by atoms with Gasteiger partial charge in [-0.1, -0.05) is 12.1 Å². The molecule has 0 radical (unpaired) electrons. The summed E-state index contributed by atoms with van der Waals surface area (Å²) in [7, 11) is 1.67. The highest BCUT2D eigenvalue weighted by Crippen LogP contribution is 2.26. The highest BCUT2D eigenvalue weighted by molar-refractivity contribution is 5.41. The first-order valence-electron chi connectivity index (χ1n) is 5.95. The zero-order valence-electron chi connectivity index (χ0n) is 11.0. The fourth-order valence-electron chi connectivity index (χ4n) is 2.12. The predicted molar refractivity (Wildman–Crippen MR) is 72.7 cm³/mol. The molecule has 1 aromatic heterocycles. The van der Waals surface area contributed by atoms with Crippen molar-refractivity contribution in [1.29, 1.82) is 0 Å². The Bertz CT molecular complexity index is 552. The van der Waals surface area contributed by atoms with Gasteiger partial charge in [0.15, 0.2) is 0 Å². The molecule has 0 amide bonds. The Kier molecular flexibility index (Phi) is 3.63. The number of benzene rings is 1. The average Bonchev–Trinajstić information content (AvgIpc) is 2.38. The minimum Gasteiger partial charge on any atom is -0.497 e. The molecule has 2 N–H and O–H groups in total. The summed E-state index contributed by atoms with van der Waals surface area (Å²) in [4.78, 5) is 4.28. The summed E-state index contributed by atoms with van der Waals surface area (Å²) in [6, 6.07) is 9.75. The molecule has 18 heavy (non-hydrogen) atoms. The van der Waals surface area contributed by atoms with Gasteiger partial charge in [-0.05, 0) is 48.7 Å². The maximum Gasteiger partial charge on any atom is 0.119 e. The van der Waals surface area contributed by atoms with E-state index in [2.05, 4.69) is 4.98 Å². The molecule has 0 spiro atoms. The molecule has 1 heterocycles. The van der Waals surface area contributed by atoms with E-state index >= 15 is 0 Å². The van der Waals surface area contributed by atoms with E-state index in [0.717, 1.165) is 28.1 Å². The van der Waals surface area contributed by atoms with Crippen LogP contribution in [0, 0.1) is 13.8 Å². The number of hydrogen-bond acceptors (Lipinski definition) is 3. The second-order valence-electron chi connectivity index (χ2n) is 4.38. The third-order valence-electron chi connectivity index (χ3n) is 3.19. The van der Waals surface area contributed by atoms with E-state index in [4.69, 9.17) is 10.5 Å². The number of methoxy groups -OCH3 is 1. The number of ether oxygens (including phenoxy) is 1. The summed E-state index contributed by atoms with van der Waals surface area (Å²) < 4.78 is 5.21. The van der Waals surface area contributed by atoms with Crippen molar-refractivity contribution in [2.75, 3.05) is 7.11 Å². The van der Waals surface area contributed by atoms with Crippen LogP contribution >= 0.6 is 0 Å². The molecule has 3 heteroatoms. The SMILES string of the molecule is COc1ccc(C(N)c2cccnc2C)c(C)c1. The van der Waals surface area contributed by atoms with Gasteiger partial charge in [-0.3, -0.25) is 4.98 Å². The topological polar surface area (TPSA) is 48.1 Å². The van der Waals surface area contributed by atoms with Gasteiger partial charge >= 0.3 is 0 Å². The number of pyridine rings is 1. The van der Waals surface area contributed by atoms with Crippen LogP contribution in [0.3, 0.4) is 0 Å². The fourth-order valence-corrected chi connectivity index (χ4v) is 2.12. The number of nitrogens with two attached hydrogens (primary N) is 1. The van der Waals surface area contributed by atoms with Crippen molar-refractivity contribution < 1.29 is 4.74 Å². The maximum atomic E-state index is 6.33. The standard InChI is InChI=1S/C15H18N2O/c1-10-9-12(18-3)6-7-13(10)15(16)14-5-4-8-17-11(14)2/h4-9,15H,16H2,1-3H3. The van der Waals surface area contributed by atoms with Gasteiger partial charge in [-0.2, -0.15) is 0 Å². The monoisotopic (exact) mass is 242 g/mol. The predicted octanol–water partition coefficient (Wildman–Crippen LogP) is 2.76. The van der Waals surface area contributed by atoms with E-state index < -0.39 is 0 Å². The van der Waals surface area contributed by atoms with E-state index in [0.29, 0.717) is 0 Å². The highest BCUT2D eigenvalue weighted by Gasteiger charge is 2.14. The van der Waals surface area contributed by atoms with Crippen LogP contribution in [0.4, 0.5) is 0 Å². The Morgan fingerprint density at radius 2 is 1.94 bits per heavy atom. The molecule has 0 saturated carbocycles. The van der Waals surface area contributed by atoms with E-state index in [1.165, 1.54) is 0 Å². The zero-order valence-corrected chi connectivity index (χ0v) is 11.0. The number of nitrogens with zero attached hydrogens (tertiary/aromatic N) is 1. The van der Waals surface area contributed by atoms with Gasteiger partial charge in [-0.25, -0.2) is 0 Å². The van der Waals surface area contributed by atoms with Crippen LogP contribution in [0.15, 0.2) is 36.5 Å². The molecule has 2 aromatic rings. The first-order valence-corrected chi connectivity index (χ1v) is 5.95. The first-order chi connectivity index (χ1) is 8.63. The lowest BCUT2D eigenvalue weighted by atomic mass is 9.95. The summed E-state index contributed by atoms with van der Waals surface area (Å²) in [6.45, 7) is 4.03. The van der Waals surface area contributed by atoms with Crippen molar-refractivity contribution >= 4 is 0 Å². The molecule has 2 rings (SSSR count). The average molecular weight is 242 g/mol. The summed E-state index contributed by atoms with van der Waals surface area (Å²) >= 11 is 0. The number of aryl methyl sites for hydroxylation is 2. The van der Waals surface area contributed by atoms with E-state index in [1.807, 2.05) is 44.2 Å². The van der Waals surface area contributed by atoms with Gasteiger partial charge in [0, 0.05) is 11.9 Å². The van der Waals surface area contributed by atoms with Gasteiger partial charge in [0.05, 0.1) is 13.2 Å². The lowest BCUT2D eigenvalue weighted by molar-refractivity contribution is 0.414. The molecule has 0 aliphatic carbocycles. The molecule has 0 bridgehead atoms. The molecule has 1 atom stereocenters. The summed E-state index contributed by atoms with van der Waals surface area (Å²) in [5, 5.41) is 0. The van der Waals surface area contributed by atoms with E-state index in [-0.39, 0.29) is 6.04 Å². The van der Waals surface area contributed by atoms with Crippen molar-refractivity contribution in [3.8, 4) is 5.75 Å². The van der Waals surface area contributed by atoms with Crippen molar-refractivity contribution in [1.82, 2.24) is 4.98 Å². The Balaban J connectivity index is 2.40. The largest absolute Gasteiger partial charge is 0.497 e. The first kappa shape index (κ1) is 12.6. The van der Waals surface area contributed by atoms with Gasteiger partial charge < -0.3 is 10.5 Å². The summed E-state index contributed by atoms with van der Waals surface area (Å²) in [5.74, 6) is 0.853. The lowest BCUT2D eigenvalue weighted by Crippen LogP contribution is -2.15. The molecule has 94 valence electrons. The minimum absolute atomic E-state index is 0.149. The fraction of sp³-hybridized carbons (Fsp3) is 0.267. The van der Waals surface area contributed by atoms with Gasteiger partial charge in [0.25, 0.3) is 0 Å². The normalized spacial score (nSPS) is 12.2. The Labute approximate surface area is 108 Å². The van der Waals surface area contributed by atoms with Crippen molar-refractivity contribution in [2.45, 2.75) is 19.9 Å². The minimum atomic E-state index is -0.149. The molecule has 0 aliphatic heterocycles. The second-order valence-corrected chi connectivity index (χ2v) is 4.38. The van der Waals surface area contributed by atoms with Crippen LogP contribution in [0.1, 0.15) is 28.4 Å². The zero-order chi connectivity index (χ0) is 13.1. The summed E-state index contributed by atoms with van der Waals surface area (Å²) in [5.41, 5.74) is 10.6. The van der Waals surface area contributed by atoms with Crippen molar-refractivity contribution in [3.63, 3.8) is 0 Å². The van der Waals surface area contributed by atoms with Crippen LogP contribution in [0.5, 0.6) is 5.75 Å². The third-order valence-corrected chi connectivity index (χ3v) is 3.19. The lowest BCUT2D eigenvalue weighted by Gasteiger charge is -2.17. The maximum absolute atomic E-state index is 6.33. The van der Waals surface area contributed by atoms with Gasteiger partial charge in [0.2, 0.25) is 0 Å². The van der Waals surface area contributed by atoms with Crippen LogP contribution in [-0.2, 0) is 0 Å². The third kappa shape index (κ3) is 2.36. The van der Waals surface area contributed by atoms with Gasteiger partial charge in [0.1, 0.15) is 5.75 Å². The summed E-state index contributed by atoms with van der Waals surface area (Å²) in [6.07, 6.45) is 1.78. The molecule has 0 saturated heterocycles. The quantitative estimate of drug-likeness (QED) is 0.900. The molecule has 3 nitrogen and oxygen atoms in total. The molecular formula is C15H18N2O. The van der Waals surface area contributed by atoms with Crippen molar-refractivity contribution in [2.24, 2.45) is 5.73 Å². The van der Waals surface area contributed by atoms with Crippen molar-refractivity contribution in [3.05, 3.63) is 58.9 Å². The number of aromatic nitrogens is 1. The van der Waals surface area contributed by atoms with Crippen LogP contribution < -0.4 is 10.5 Å². The molecular weight excluding hydrogens is 224 g/mol. The Hall–Kier alpha value is -1.87. The smallest absolute Gasteiger partial charge is 0.119 e. The Morgan fingerprint density at radius 1 is 1.17 bits per heavy atom. The second kappa shape index (κ2) is 5.19. The van der Waals surface area contributed by atoms with E-state index in [9.17, 15) is 0 Å². The van der Waals surface area contributed by atoms with Crippen LogP contribution in [0.25, 0.3) is 0 Å². The number of rotatable bonds is 3. The van der Waals surface area contributed by atoms with Crippen LogP contribution in [0.2, 0.25) is 0 Å². The highest BCUT2D eigenvalue weighted by atomic mass is 16.5. The molecule has 0 fully saturated rings. The number of hydrogen-bond donors (Lipinski definition) is 1. The molecule has 1 aromatic carbocycles. The Morgan fingerprint density at radius 3 is 2.56 bits per heavy atom. The molecule has 1 unspecified atom stereocenters.